The average molecular weight is 268 g/mol. The third-order valence-corrected chi connectivity index (χ3v) is 3.98. The van der Waals surface area contributed by atoms with E-state index in [2.05, 4.69) is 41.5 Å². The standard InChI is InChI=1S/C17H20N2O/c1-2-3-4-5-13-7-6-12-8-9-15-14(10-11-18-15)16(12)19-17(13)20/h6-11,13,18H,2-5H2,1H3,(H,19,20). The Labute approximate surface area is 119 Å². The summed E-state index contributed by atoms with van der Waals surface area (Å²) in [6.45, 7) is 2.18. The Hall–Kier alpha value is -2.03. The molecule has 3 heteroatoms. The predicted molar refractivity (Wildman–Crippen MR) is 83.6 cm³/mol. The van der Waals surface area contributed by atoms with Gasteiger partial charge in [0.15, 0.2) is 0 Å². The molecule has 1 aliphatic heterocycles. The van der Waals surface area contributed by atoms with E-state index in [1.807, 2.05) is 12.3 Å². The van der Waals surface area contributed by atoms with Crippen LogP contribution in [0.15, 0.2) is 30.5 Å². The number of fused-ring (bicyclic) bond motifs is 3. The number of benzene rings is 1. The molecule has 3 nitrogen and oxygen atoms in total. The van der Waals surface area contributed by atoms with E-state index in [1.54, 1.807) is 0 Å². The van der Waals surface area contributed by atoms with Crippen LogP contribution in [0.5, 0.6) is 0 Å². The maximum absolute atomic E-state index is 12.4. The molecule has 0 saturated heterocycles. The van der Waals surface area contributed by atoms with E-state index in [-0.39, 0.29) is 11.8 Å². The van der Waals surface area contributed by atoms with Crippen molar-refractivity contribution in [3.63, 3.8) is 0 Å². The number of carbonyl (C=O) groups excluding carboxylic acids is 1. The lowest BCUT2D eigenvalue weighted by molar-refractivity contribution is -0.118. The number of aromatic amines is 1. The van der Waals surface area contributed by atoms with Crippen molar-refractivity contribution in [1.29, 1.82) is 0 Å². The van der Waals surface area contributed by atoms with Gasteiger partial charge in [0.1, 0.15) is 0 Å². The lowest BCUT2D eigenvalue weighted by atomic mass is 10.00. The van der Waals surface area contributed by atoms with E-state index in [1.165, 1.54) is 12.8 Å². The Bertz CT molecular complexity index is 654. The molecule has 0 radical (unpaired) electrons. The van der Waals surface area contributed by atoms with Crippen molar-refractivity contribution in [2.75, 3.05) is 5.32 Å². The Morgan fingerprint density at radius 1 is 1.20 bits per heavy atom. The number of hydrogen-bond acceptors (Lipinski definition) is 1. The van der Waals surface area contributed by atoms with Gasteiger partial charge in [-0.25, -0.2) is 0 Å². The van der Waals surface area contributed by atoms with Crippen LogP contribution in [0.2, 0.25) is 0 Å². The highest BCUT2D eigenvalue weighted by Gasteiger charge is 2.20. The Morgan fingerprint density at radius 2 is 2.10 bits per heavy atom. The molecule has 0 saturated carbocycles. The fraction of sp³-hybridized carbons (Fsp3) is 0.353. The Balaban J connectivity index is 1.88. The second-order valence-electron chi connectivity index (χ2n) is 5.42. The topological polar surface area (TPSA) is 44.9 Å². The molecule has 20 heavy (non-hydrogen) atoms. The first-order valence-corrected chi connectivity index (χ1v) is 7.38. The maximum Gasteiger partial charge on any atom is 0.231 e. The quantitative estimate of drug-likeness (QED) is 0.796. The molecule has 0 bridgehead atoms. The summed E-state index contributed by atoms with van der Waals surface area (Å²) in [5, 5.41) is 4.19. The van der Waals surface area contributed by atoms with Crippen molar-refractivity contribution in [1.82, 2.24) is 4.98 Å². The molecule has 1 amide bonds. The molecule has 1 aromatic carbocycles. The molecule has 0 fully saturated rings. The van der Waals surface area contributed by atoms with Crippen LogP contribution in [0.3, 0.4) is 0 Å². The van der Waals surface area contributed by atoms with E-state index in [4.69, 9.17) is 0 Å². The van der Waals surface area contributed by atoms with Crippen LogP contribution in [0.25, 0.3) is 17.0 Å². The predicted octanol–water partition coefficient (Wildman–Crippen LogP) is 4.33. The molecule has 2 heterocycles. The third kappa shape index (κ3) is 2.36. The second kappa shape index (κ2) is 5.53. The summed E-state index contributed by atoms with van der Waals surface area (Å²) in [6, 6.07) is 6.13. The fourth-order valence-electron chi connectivity index (χ4n) is 2.79. The third-order valence-electron chi connectivity index (χ3n) is 3.98. The molecule has 3 rings (SSSR count). The number of carbonyl (C=O) groups is 1. The van der Waals surface area contributed by atoms with Gasteiger partial charge in [-0.2, -0.15) is 0 Å². The molecule has 1 aliphatic rings. The van der Waals surface area contributed by atoms with Crippen molar-refractivity contribution >= 4 is 28.6 Å². The van der Waals surface area contributed by atoms with Gasteiger partial charge in [-0.1, -0.05) is 44.4 Å². The summed E-state index contributed by atoms with van der Waals surface area (Å²) in [7, 11) is 0. The Kier molecular flexibility index (Phi) is 3.59. The molecule has 2 N–H and O–H groups in total. The number of hydrogen-bond donors (Lipinski definition) is 2. The molecular formula is C17H20N2O. The number of amides is 1. The number of unbranched alkanes of at least 4 members (excludes halogenated alkanes) is 2. The van der Waals surface area contributed by atoms with Crippen LogP contribution in [0.1, 0.15) is 38.2 Å². The number of rotatable bonds is 4. The normalized spacial score (nSPS) is 17.9. The highest BCUT2D eigenvalue weighted by atomic mass is 16.1. The molecule has 0 spiro atoms. The van der Waals surface area contributed by atoms with Gasteiger partial charge in [0.2, 0.25) is 5.91 Å². The minimum Gasteiger partial charge on any atom is -0.361 e. The molecule has 1 unspecified atom stereocenters. The highest BCUT2D eigenvalue weighted by Crippen LogP contribution is 2.31. The Morgan fingerprint density at radius 3 is 2.95 bits per heavy atom. The van der Waals surface area contributed by atoms with E-state index >= 15 is 0 Å². The summed E-state index contributed by atoms with van der Waals surface area (Å²) in [5.41, 5.74) is 3.08. The van der Waals surface area contributed by atoms with Crippen molar-refractivity contribution in [3.8, 4) is 0 Å². The van der Waals surface area contributed by atoms with Gasteiger partial charge in [-0.3, -0.25) is 4.79 Å². The SMILES string of the molecule is CCCCCC1C=Cc2ccc3[nH]ccc3c2NC1=O. The fourth-order valence-corrected chi connectivity index (χ4v) is 2.79. The first-order valence-electron chi connectivity index (χ1n) is 7.38. The summed E-state index contributed by atoms with van der Waals surface area (Å²) < 4.78 is 0. The van der Waals surface area contributed by atoms with E-state index in [0.717, 1.165) is 35.0 Å². The van der Waals surface area contributed by atoms with Gasteiger partial charge < -0.3 is 10.3 Å². The van der Waals surface area contributed by atoms with E-state index < -0.39 is 0 Å². The smallest absolute Gasteiger partial charge is 0.231 e. The molecule has 1 aromatic heterocycles. The van der Waals surface area contributed by atoms with Gasteiger partial charge in [-0.05, 0) is 24.1 Å². The maximum atomic E-state index is 12.4. The zero-order chi connectivity index (χ0) is 13.9. The molecular weight excluding hydrogens is 248 g/mol. The zero-order valence-corrected chi connectivity index (χ0v) is 11.8. The van der Waals surface area contributed by atoms with Gasteiger partial charge >= 0.3 is 0 Å². The van der Waals surface area contributed by atoms with Crippen LogP contribution in [0.4, 0.5) is 5.69 Å². The number of anilines is 1. The van der Waals surface area contributed by atoms with Crippen molar-refractivity contribution in [2.24, 2.45) is 5.92 Å². The lowest BCUT2D eigenvalue weighted by Gasteiger charge is -2.12. The van der Waals surface area contributed by atoms with Gasteiger partial charge in [-0.15, -0.1) is 0 Å². The van der Waals surface area contributed by atoms with Crippen LogP contribution < -0.4 is 5.32 Å². The molecule has 104 valence electrons. The number of aromatic nitrogens is 1. The molecule has 1 atom stereocenters. The number of nitrogens with one attached hydrogen (secondary N) is 2. The van der Waals surface area contributed by atoms with Gasteiger partial charge in [0, 0.05) is 17.1 Å². The second-order valence-corrected chi connectivity index (χ2v) is 5.42. The van der Waals surface area contributed by atoms with Crippen molar-refractivity contribution < 1.29 is 4.79 Å². The van der Waals surface area contributed by atoms with Crippen LogP contribution in [-0.4, -0.2) is 10.9 Å². The van der Waals surface area contributed by atoms with Crippen LogP contribution >= 0.6 is 0 Å². The minimum atomic E-state index is -0.0112. The zero-order valence-electron chi connectivity index (χ0n) is 11.8. The van der Waals surface area contributed by atoms with Crippen molar-refractivity contribution in [2.45, 2.75) is 32.6 Å². The summed E-state index contributed by atoms with van der Waals surface area (Å²) in [5.74, 6) is 0.104. The van der Waals surface area contributed by atoms with E-state index in [0.29, 0.717) is 0 Å². The largest absolute Gasteiger partial charge is 0.361 e. The highest BCUT2D eigenvalue weighted by molar-refractivity contribution is 6.07. The van der Waals surface area contributed by atoms with Crippen LogP contribution in [0, 0.1) is 5.92 Å². The average Bonchev–Trinajstić information content (AvgIpc) is 2.86. The molecule has 0 aliphatic carbocycles. The summed E-state index contributed by atoms with van der Waals surface area (Å²) in [6.07, 6.45) is 10.4. The van der Waals surface area contributed by atoms with Crippen molar-refractivity contribution in [3.05, 3.63) is 36.0 Å². The summed E-state index contributed by atoms with van der Waals surface area (Å²) in [4.78, 5) is 15.5. The number of H-pyrrole nitrogens is 1. The molecule has 2 aromatic rings. The van der Waals surface area contributed by atoms with E-state index in [9.17, 15) is 4.79 Å². The van der Waals surface area contributed by atoms with Crippen LogP contribution in [-0.2, 0) is 4.79 Å². The van der Waals surface area contributed by atoms with Gasteiger partial charge in [0.05, 0.1) is 11.6 Å². The monoisotopic (exact) mass is 268 g/mol. The van der Waals surface area contributed by atoms with Gasteiger partial charge in [0.25, 0.3) is 0 Å². The lowest BCUT2D eigenvalue weighted by Crippen LogP contribution is -2.20. The first kappa shape index (κ1) is 13.0. The first-order chi connectivity index (χ1) is 9.79. The summed E-state index contributed by atoms with van der Waals surface area (Å²) >= 11 is 0. The minimum absolute atomic E-state index is 0.0112.